The number of aromatic amines is 1. The van der Waals surface area contributed by atoms with Crippen LogP contribution in [-0.4, -0.2) is 86.3 Å². The Kier molecular flexibility index (Phi) is 10.1. The van der Waals surface area contributed by atoms with Gasteiger partial charge < -0.3 is 47.7 Å². The largest absolute Gasteiger partial charge is 0.480 e. The van der Waals surface area contributed by atoms with Gasteiger partial charge in [-0.15, -0.1) is 0 Å². The van der Waals surface area contributed by atoms with Crippen molar-refractivity contribution >= 4 is 40.5 Å². The third-order valence-corrected chi connectivity index (χ3v) is 5.60. The molecule has 0 aliphatic heterocycles. The van der Waals surface area contributed by atoms with Gasteiger partial charge in [-0.3, -0.25) is 19.2 Å². The number of nitrogens with two attached hydrogens (primary N) is 2. The summed E-state index contributed by atoms with van der Waals surface area (Å²) in [5, 5.41) is 36.7. The highest BCUT2D eigenvalue weighted by Crippen LogP contribution is 2.18. The van der Waals surface area contributed by atoms with E-state index in [0.29, 0.717) is 0 Å². The Morgan fingerprint density at radius 1 is 0.919 bits per heavy atom. The van der Waals surface area contributed by atoms with Crippen molar-refractivity contribution in [2.24, 2.45) is 11.5 Å². The van der Waals surface area contributed by atoms with Gasteiger partial charge in [0.25, 0.3) is 0 Å². The second-order valence-corrected chi connectivity index (χ2v) is 8.69. The normalized spacial score (nSPS) is 16.0. The summed E-state index contributed by atoms with van der Waals surface area (Å²) in [6.45, 7) is 2.38. The molecule has 0 saturated heterocycles. The number of aromatic nitrogens is 1. The molecule has 1 aromatic heterocycles. The average Bonchev–Trinajstić information content (AvgIpc) is 3.22. The van der Waals surface area contributed by atoms with E-state index in [1.807, 2.05) is 29.6 Å². The summed E-state index contributed by atoms with van der Waals surface area (Å²) in [6.07, 6.45) is -1.82. The third-order valence-electron chi connectivity index (χ3n) is 5.60. The zero-order valence-electron chi connectivity index (χ0n) is 20.3. The Bertz CT molecular complexity index is 1150. The first-order valence-electron chi connectivity index (χ1n) is 11.4. The lowest BCUT2D eigenvalue weighted by molar-refractivity contribution is -0.144. The fourth-order valence-corrected chi connectivity index (χ4v) is 3.61. The number of nitrogens with one attached hydrogen (secondary N) is 4. The number of carboxylic acid groups (broad SMARTS) is 1. The number of aliphatic carboxylic acids is 1. The lowest BCUT2D eigenvalue weighted by Crippen LogP contribution is -2.62. The number of hydrogen-bond donors (Lipinski definition) is 9. The first-order valence-corrected chi connectivity index (χ1v) is 11.4. The highest BCUT2D eigenvalue weighted by Gasteiger charge is 2.34. The smallest absolute Gasteiger partial charge is 0.326 e. The van der Waals surface area contributed by atoms with E-state index in [4.69, 9.17) is 16.6 Å². The van der Waals surface area contributed by atoms with Gasteiger partial charge in [-0.1, -0.05) is 18.2 Å². The van der Waals surface area contributed by atoms with Gasteiger partial charge >= 0.3 is 5.97 Å². The van der Waals surface area contributed by atoms with Crippen molar-refractivity contribution in [3.8, 4) is 0 Å². The minimum atomic E-state index is -1.70. The van der Waals surface area contributed by atoms with Crippen LogP contribution in [0.3, 0.4) is 0 Å². The molecule has 0 aliphatic carbocycles. The summed E-state index contributed by atoms with van der Waals surface area (Å²) < 4.78 is 0. The van der Waals surface area contributed by atoms with E-state index in [-0.39, 0.29) is 6.42 Å². The number of fused-ring (bicyclic) bond motifs is 1. The van der Waals surface area contributed by atoms with Gasteiger partial charge in [-0.05, 0) is 31.9 Å². The molecule has 1 heterocycles. The van der Waals surface area contributed by atoms with Crippen molar-refractivity contribution in [1.29, 1.82) is 0 Å². The van der Waals surface area contributed by atoms with E-state index in [2.05, 4.69) is 15.6 Å². The lowest BCUT2D eigenvalue weighted by atomic mass is 10.0. The van der Waals surface area contributed by atoms with Gasteiger partial charge in [0.15, 0.2) is 0 Å². The van der Waals surface area contributed by atoms with Gasteiger partial charge in [-0.25, -0.2) is 4.79 Å². The van der Waals surface area contributed by atoms with Crippen molar-refractivity contribution in [1.82, 2.24) is 20.9 Å². The molecule has 4 amide bonds. The van der Waals surface area contributed by atoms with Gasteiger partial charge in [0.2, 0.25) is 23.6 Å². The molecule has 0 fully saturated rings. The Balaban J connectivity index is 2.09. The molecule has 0 bridgehead atoms. The number of para-hydroxylation sites is 1. The van der Waals surface area contributed by atoms with Crippen LogP contribution in [0.25, 0.3) is 10.9 Å². The predicted octanol–water partition coefficient (Wildman–Crippen LogP) is -2.79. The minimum Gasteiger partial charge on any atom is -0.480 e. The second kappa shape index (κ2) is 12.8. The van der Waals surface area contributed by atoms with Crippen molar-refractivity contribution in [2.75, 3.05) is 0 Å². The van der Waals surface area contributed by atoms with Crippen LogP contribution < -0.4 is 27.4 Å². The number of carbonyl (C=O) groups is 5. The van der Waals surface area contributed by atoms with Crippen LogP contribution in [0.5, 0.6) is 0 Å². The highest BCUT2D eigenvalue weighted by molar-refractivity contribution is 5.95. The van der Waals surface area contributed by atoms with Crippen LogP contribution in [-0.2, 0) is 30.4 Å². The van der Waals surface area contributed by atoms with Gasteiger partial charge in [-0.2, -0.15) is 0 Å². The van der Waals surface area contributed by atoms with Crippen LogP contribution in [0.4, 0.5) is 0 Å². The molecule has 14 heteroatoms. The van der Waals surface area contributed by atoms with Crippen molar-refractivity contribution in [3.63, 3.8) is 0 Å². The molecule has 0 aliphatic rings. The third kappa shape index (κ3) is 7.99. The van der Waals surface area contributed by atoms with E-state index in [1.54, 1.807) is 6.20 Å². The molecular weight excluding hydrogens is 488 g/mol. The number of H-pyrrole nitrogens is 1. The molecular formula is C23H32N6O8. The summed E-state index contributed by atoms with van der Waals surface area (Å²) in [4.78, 5) is 63.5. The summed E-state index contributed by atoms with van der Waals surface area (Å²) in [7, 11) is 0. The van der Waals surface area contributed by atoms with Gasteiger partial charge in [0, 0.05) is 17.1 Å². The Morgan fingerprint density at radius 2 is 1.46 bits per heavy atom. The van der Waals surface area contributed by atoms with Gasteiger partial charge in [0.05, 0.1) is 24.7 Å². The maximum absolute atomic E-state index is 12.8. The number of aliphatic hydroxyl groups is 2. The monoisotopic (exact) mass is 520 g/mol. The summed E-state index contributed by atoms with van der Waals surface area (Å²) in [5.74, 6) is -5.46. The Hall–Kier alpha value is -4.01. The summed E-state index contributed by atoms with van der Waals surface area (Å²) >= 11 is 0. The molecule has 202 valence electrons. The first-order chi connectivity index (χ1) is 17.3. The van der Waals surface area contributed by atoms with E-state index < -0.39 is 72.4 Å². The number of rotatable bonds is 13. The fraction of sp³-hybridized carbons (Fsp3) is 0.435. The topological polar surface area (TPSA) is 250 Å². The number of hydrogen-bond acceptors (Lipinski definition) is 8. The fourth-order valence-electron chi connectivity index (χ4n) is 3.61. The van der Waals surface area contributed by atoms with Crippen LogP contribution in [0.1, 0.15) is 25.8 Å². The molecule has 6 unspecified atom stereocenters. The van der Waals surface area contributed by atoms with E-state index in [1.165, 1.54) is 6.92 Å². The van der Waals surface area contributed by atoms with E-state index in [0.717, 1.165) is 23.4 Å². The molecule has 6 atom stereocenters. The molecule has 14 nitrogen and oxygen atoms in total. The van der Waals surface area contributed by atoms with Crippen LogP contribution in [0.2, 0.25) is 0 Å². The molecule has 2 rings (SSSR count). The van der Waals surface area contributed by atoms with E-state index >= 15 is 0 Å². The number of aliphatic hydroxyl groups excluding tert-OH is 2. The number of benzene rings is 1. The molecule has 0 saturated carbocycles. The van der Waals surface area contributed by atoms with Crippen molar-refractivity contribution in [3.05, 3.63) is 36.0 Å². The minimum absolute atomic E-state index is 0.124. The quantitative estimate of drug-likeness (QED) is 0.132. The standard InChI is InChI=1S/C23H32N6O8/c1-10(30)18(21(34)27-16(23(36)37)8-17(25)32)29-22(35)19(11(2)31)28-20(33)14(24)7-12-9-26-15-6-4-3-5-13(12)15/h3-6,9-11,14,16,18-19,26,30-31H,7-8,24H2,1-2H3,(H2,25,32)(H,27,34)(H,28,33)(H,29,35)(H,36,37). The predicted molar refractivity (Wildman–Crippen MR) is 131 cm³/mol. The number of primary amides is 1. The Morgan fingerprint density at radius 3 is 2.00 bits per heavy atom. The molecule has 0 spiro atoms. The summed E-state index contributed by atoms with van der Waals surface area (Å²) in [6, 6.07) is 1.38. The summed E-state index contributed by atoms with van der Waals surface area (Å²) in [5.41, 5.74) is 12.6. The van der Waals surface area contributed by atoms with Crippen molar-refractivity contribution < 1.29 is 39.3 Å². The maximum Gasteiger partial charge on any atom is 0.326 e. The average molecular weight is 521 g/mol. The lowest BCUT2D eigenvalue weighted by Gasteiger charge is -2.27. The van der Waals surface area contributed by atoms with Gasteiger partial charge in [0.1, 0.15) is 18.1 Å². The van der Waals surface area contributed by atoms with Crippen LogP contribution in [0, 0.1) is 0 Å². The number of carboxylic acids is 1. The van der Waals surface area contributed by atoms with E-state index in [9.17, 15) is 34.2 Å². The zero-order valence-corrected chi connectivity index (χ0v) is 20.3. The SMILES string of the molecule is CC(O)C(NC(=O)C(N)Cc1c[nH]c2ccccc12)C(=O)NC(C(=O)NC(CC(N)=O)C(=O)O)C(C)O. The maximum atomic E-state index is 12.8. The van der Waals surface area contributed by atoms with Crippen LogP contribution >= 0.6 is 0 Å². The first kappa shape index (κ1) is 29.2. The molecule has 0 radical (unpaired) electrons. The second-order valence-electron chi connectivity index (χ2n) is 8.69. The molecule has 11 N–H and O–H groups in total. The Labute approximate surface area is 211 Å². The number of carbonyl (C=O) groups excluding carboxylic acids is 4. The van der Waals surface area contributed by atoms with Crippen molar-refractivity contribution in [2.45, 2.75) is 63.1 Å². The molecule has 37 heavy (non-hydrogen) atoms. The number of amides is 4. The molecule has 2 aromatic rings. The molecule has 1 aromatic carbocycles. The zero-order chi connectivity index (χ0) is 27.9. The van der Waals surface area contributed by atoms with Crippen LogP contribution in [0.15, 0.2) is 30.5 Å². The highest BCUT2D eigenvalue weighted by atomic mass is 16.4.